The summed E-state index contributed by atoms with van der Waals surface area (Å²) in [4.78, 5) is 0. The maximum Gasteiger partial charge on any atom is 0.210 e. The average Bonchev–Trinajstić information content (AvgIpc) is 2.81. The van der Waals surface area contributed by atoms with Gasteiger partial charge in [-0.25, -0.2) is 4.68 Å². The Hall–Kier alpha value is -1.11. The van der Waals surface area contributed by atoms with E-state index in [1.807, 2.05) is 4.68 Å². The molecule has 3 rings (SSSR count). The lowest BCUT2D eigenvalue weighted by Crippen LogP contribution is -2.25. The van der Waals surface area contributed by atoms with E-state index in [0.717, 1.165) is 17.5 Å². The molecule has 1 aromatic heterocycles. The lowest BCUT2D eigenvalue weighted by atomic mass is 10.3. The summed E-state index contributed by atoms with van der Waals surface area (Å²) in [6, 6.07) is 5.11. The highest BCUT2D eigenvalue weighted by atomic mass is 35.5. The molecule has 0 amide bonds. The van der Waals surface area contributed by atoms with Crippen LogP contribution in [0.5, 0.6) is 5.75 Å². The van der Waals surface area contributed by atoms with Crippen LogP contribution in [0.25, 0.3) is 0 Å². The van der Waals surface area contributed by atoms with E-state index in [4.69, 9.17) is 27.9 Å². The van der Waals surface area contributed by atoms with Crippen molar-refractivity contribution in [3.63, 3.8) is 0 Å². The zero-order valence-electron chi connectivity index (χ0n) is 9.77. The Kier molecular flexibility index (Phi) is 3.72. The highest BCUT2D eigenvalue weighted by Crippen LogP contribution is 2.28. The van der Waals surface area contributed by atoms with Gasteiger partial charge >= 0.3 is 0 Å². The van der Waals surface area contributed by atoms with Crippen molar-refractivity contribution in [2.75, 3.05) is 17.7 Å². The normalized spacial score (nSPS) is 13.8. The minimum atomic E-state index is 0.294. The Balaban J connectivity index is 1.74. The number of hydrogen-bond acceptors (Lipinski definition) is 5. The van der Waals surface area contributed by atoms with Gasteiger partial charge in [0.25, 0.3) is 0 Å². The smallest absolute Gasteiger partial charge is 0.210 e. The van der Waals surface area contributed by atoms with Crippen molar-refractivity contribution in [2.45, 2.75) is 11.8 Å². The fourth-order valence-electron chi connectivity index (χ4n) is 1.68. The molecule has 0 spiro atoms. The molecule has 0 unspecified atom stereocenters. The van der Waals surface area contributed by atoms with Gasteiger partial charge in [-0.1, -0.05) is 35.0 Å². The van der Waals surface area contributed by atoms with Crippen LogP contribution < -0.4 is 10.2 Å². The summed E-state index contributed by atoms with van der Waals surface area (Å²) in [5.74, 6) is 2.28. The molecule has 0 aliphatic carbocycles. The average molecular weight is 317 g/mol. The Labute approximate surface area is 124 Å². The van der Waals surface area contributed by atoms with Gasteiger partial charge < -0.3 is 10.2 Å². The largest absolute Gasteiger partial charge is 0.484 e. The lowest BCUT2D eigenvalue weighted by molar-refractivity contribution is 0.291. The van der Waals surface area contributed by atoms with E-state index in [1.54, 1.807) is 30.0 Å². The maximum absolute atomic E-state index is 6.04. The molecule has 2 aromatic rings. The number of nitrogens with one attached hydrogen (secondary N) is 1. The molecule has 8 heteroatoms. The zero-order valence-corrected chi connectivity index (χ0v) is 12.1. The molecule has 1 aromatic carbocycles. The van der Waals surface area contributed by atoms with Crippen LogP contribution in [0.1, 0.15) is 5.82 Å². The number of halogens is 2. The van der Waals surface area contributed by atoms with Crippen LogP contribution in [0.3, 0.4) is 0 Å². The van der Waals surface area contributed by atoms with Crippen LogP contribution in [-0.2, 0) is 6.61 Å². The molecule has 2 heterocycles. The van der Waals surface area contributed by atoms with Crippen molar-refractivity contribution < 1.29 is 4.74 Å². The number of fused-ring (bicyclic) bond motifs is 1. The molecule has 1 aliphatic heterocycles. The number of hydrogen-bond donors (Lipinski definition) is 1. The molecule has 100 valence electrons. The molecule has 5 nitrogen and oxygen atoms in total. The number of thioether (sulfide) groups is 1. The quantitative estimate of drug-likeness (QED) is 0.943. The maximum atomic E-state index is 6.04. The standard InChI is InChI=1S/C11H10Cl2N4OS/c12-7-1-2-9(8(13)5-7)18-6-10-15-16-11-17(10)14-3-4-19-11/h1-2,5,14H,3-4,6H2. The molecule has 1 N–H and O–H groups in total. The SMILES string of the molecule is Clc1ccc(OCc2nnc3n2NCCS3)c(Cl)c1. The Bertz CT molecular complexity index is 604. The third-order valence-electron chi connectivity index (χ3n) is 2.55. The zero-order chi connectivity index (χ0) is 13.2. The number of rotatable bonds is 3. The van der Waals surface area contributed by atoms with E-state index < -0.39 is 0 Å². The van der Waals surface area contributed by atoms with Crippen molar-refractivity contribution in [3.05, 3.63) is 34.1 Å². The minimum Gasteiger partial charge on any atom is -0.484 e. The van der Waals surface area contributed by atoms with Crippen molar-refractivity contribution in [2.24, 2.45) is 0 Å². The van der Waals surface area contributed by atoms with Gasteiger partial charge in [-0.05, 0) is 18.2 Å². The van der Waals surface area contributed by atoms with Crippen molar-refractivity contribution in [1.29, 1.82) is 0 Å². The lowest BCUT2D eigenvalue weighted by Gasteiger charge is -2.16. The van der Waals surface area contributed by atoms with Crippen molar-refractivity contribution in [1.82, 2.24) is 14.9 Å². The second-order valence-electron chi connectivity index (χ2n) is 3.85. The summed E-state index contributed by atoms with van der Waals surface area (Å²) in [7, 11) is 0. The first kappa shape index (κ1) is 12.9. The van der Waals surface area contributed by atoms with Gasteiger partial charge in [-0.15, -0.1) is 10.2 Å². The fraction of sp³-hybridized carbons (Fsp3) is 0.273. The van der Waals surface area contributed by atoms with E-state index >= 15 is 0 Å². The monoisotopic (exact) mass is 316 g/mol. The van der Waals surface area contributed by atoms with Crippen LogP contribution in [0, 0.1) is 0 Å². The summed E-state index contributed by atoms with van der Waals surface area (Å²) >= 11 is 13.5. The van der Waals surface area contributed by atoms with Crippen LogP contribution in [0.15, 0.2) is 23.4 Å². The number of benzene rings is 1. The first-order valence-electron chi connectivity index (χ1n) is 5.63. The molecule has 1 aliphatic rings. The van der Waals surface area contributed by atoms with Gasteiger partial charge in [-0.3, -0.25) is 0 Å². The van der Waals surface area contributed by atoms with E-state index in [9.17, 15) is 0 Å². The van der Waals surface area contributed by atoms with Crippen LogP contribution in [-0.4, -0.2) is 27.2 Å². The van der Waals surface area contributed by atoms with Crippen LogP contribution in [0.2, 0.25) is 10.0 Å². The Morgan fingerprint density at radius 3 is 3.11 bits per heavy atom. The van der Waals surface area contributed by atoms with Gasteiger partial charge in [0.05, 0.1) is 5.02 Å². The van der Waals surface area contributed by atoms with E-state index in [0.29, 0.717) is 28.2 Å². The first-order valence-corrected chi connectivity index (χ1v) is 7.37. The second-order valence-corrected chi connectivity index (χ2v) is 5.76. The van der Waals surface area contributed by atoms with E-state index in [1.165, 1.54) is 0 Å². The predicted octanol–water partition coefficient (Wildman–Crippen LogP) is 2.81. The van der Waals surface area contributed by atoms with E-state index in [-0.39, 0.29) is 0 Å². The topological polar surface area (TPSA) is 52.0 Å². The van der Waals surface area contributed by atoms with Crippen LogP contribution in [0.4, 0.5) is 0 Å². The molecular formula is C11H10Cl2N4OS. The first-order chi connectivity index (χ1) is 9.24. The summed E-state index contributed by atoms with van der Waals surface area (Å²) in [5, 5.41) is 10.1. The molecule has 0 radical (unpaired) electrons. The van der Waals surface area contributed by atoms with Gasteiger partial charge in [0, 0.05) is 17.3 Å². The van der Waals surface area contributed by atoms with Gasteiger partial charge in [0.15, 0.2) is 5.82 Å². The molecular weight excluding hydrogens is 307 g/mol. The molecule has 0 bridgehead atoms. The molecule has 0 atom stereocenters. The molecule has 0 saturated carbocycles. The van der Waals surface area contributed by atoms with Crippen molar-refractivity contribution in [3.8, 4) is 5.75 Å². The van der Waals surface area contributed by atoms with E-state index in [2.05, 4.69) is 15.6 Å². The number of ether oxygens (including phenoxy) is 1. The molecule has 0 saturated heterocycles. The van der Waals surface area contributed by atoms with Crippen molar-refractivity contribution >= 4 is 35.0 Å². The predicted molar refractivity (Wildman–Crippen MR) is 75.8 cm³/mol. The number of aromatic nitrogens is 3. The highest BCUT2D eigenvalue weighted by molar-refractivity contribution is 7.99. The molecule has 19 heavy (non-hydrogen) atoms. The summed E-state index contributed by atoms with van der Waals surface area (Å²) < 4.78 is 7.48. The minimum absolute atomic E-state index is 0.294. The van der Waals surface area contributed by atoms with Gasteiger partial charge in [0.2, 0.25) is 5.16 Å². The van der Waals surface area contributed by atoms with Gasteiger partial charge in [-0.2, -0.15) is 0 Å². The number of nitrogens with zero attached hydrogens (tertiary/aromatic N) is 3. The van der Waals surface area contributed by atoms with Gasteiger partial charge in [0.1, 0.15) is 12.4 Å². The summed E-state index contributed by atoms with van der Waals surface area (Å²) in [6.07, 6.45) is 0. The second kappa shape index (κ2) is 5.48. The highest BCUT2D eigenvalue weighted by Gasteiger charge is 2.16. The Morgan fingerprint density at radius 1 is 1.37 bits per heavy atom. The third-order valence-corrected chi connectivity index (χ3v) is 4.02. The third kappa shape index (κ3) is 2.75. The fourth-order valence-corrected chi connectivity index (χ4v) is 2.92. The van der Waals surface area contributed by atoms with Crippen LogP contribution >= 0.6 is 35.0 Å². The summed E-state index contributed by atoms with van der Waals surface area (Å²) in [5.41, 5.74) is 3.21. The molecule has 0 fully saturated rings. The Morgan fingerprint density at radius 2 is 2.26 bits per heavy atom. The summed E-state index contributed by atoms with van der Waals surface area (Å²) in [6.45, 7) is 1.17.